The number of amides is 2. The van der Waals surface area contributed by atoms with Crippen molar-refractivity contribution in [3.8, 4) is 16.9 Å². The van der Waals surface area contributed by atoms with E-state index < -0.39 is 6.09 Å². The van der Waals surface area contributed by atoms with Crippen LogP contribution in [0.5, 0.6) is 5.75 Å². The van der Waals surface area contributed by atoms with Gasteiger partial charge in [0.05, 0.1) is 19.3 Å². The number of benzene rings is 2. The molecule has 2 bridgehead atoms. The second-order valence-corrected chi connectivity index (χ2v) is 14.5. The van der Waals surface area contributed by atoms with E-state index in [4.69, 9.17) is 9.47 Å². The summed E-state index contributed by atoms with van der Waals surface area (Å²) >= 11 is 0. The number of ether oxygens (including phenoxy) is 2. The normalized spacial score (nSPS) is 27.2. The van der Waals surface area contributed by atoms with Crippen LogP contribution < -0.4 is 15.0 Å². The van der Waals surface area contributed by atoms with Gasteiger partial charge in [0.1, 0.15) is 11.9 Å². The van der Waals surface area contributed by atoms with Crippen molar-refractivity contribution >= 4 is 17.7 Å². The maximum Gasteiger partial charge on any atom is 0.407 e. The molecule has 5 aliphatic carbocycles. The maximum absolute atomic E-state index is 14.5. The Labute approximate surface area is 272 Å². The lowest BCUT2D eigenvalue weighted by Gasteiger charge is -2.55. The SMILES string of the molecule is CNC(=O)O[C@H]1CC[C@H](C(=O)N(CC23CCC(c4ccc(OC)c(C)c4)(CC2)CC3)c2cccc(-c3cnn(C4CC4)c3)c2)CC1. The maximum atomic E-state index is 14.5. The van der Waals surface area contributed by atoms with Crippen LogP contribution in [-0.2, 0) is 14.9 Å². The highest BCUT2D eigenvalue weighted by molar-refractivity contribution is 5.96. The molecule has 0 spiro atoms. The minimum absolute atomic E-state index is 0.0734. The van der Waals surface area contributed by atoms with Crippen molar-refractivity contribution in [3.63, 3.8) is 0 Å². The Morgan fingerprint density at radius 1 is 0.957 bits per heavy atom. The van der Waals surface area contributed by atoms with Crippen LogP contribution in [0, 0.1) is 18.3 Å². The summed E-state index contributed by atoms with van der Waals surface area (Å²) < 4.78 is 13.2. The fraction of sp³-hybridized carbons (Fsp3) is 0.553. The average molecular weight is 625 g/mol. The Balaban J connectivity index is 1.12. The lowest BCUT2D eigenvalue weighted by atomic mass is 9.51. The van der Waals surface area contributed by atoms with Gasteiger partial charge in [-0.15, -0.1) is 0 Å². The number of rotatable bonds is 9. The number of anilines is 1. The summed E-state index contributed by atoms with van der Waals surface area (Å²) in [5, 5.41) is 7.18. The molecule has 0 radical (unpaired) electrons. The van der Waals surface area contributed by atoms with Gasteiger partial charge in [-0.3, -0.25) is 9.48 Å². The van der Waals surface area contributed by atoms with E-state index in [1.807, 2.05) is 6.20 Å². The summed E-state index contributed by atoms with van der Waals surface area (Å²) in [4.78, 5) is 28.5. The molecule has 0 aliphatic heterocycles. The largest absolute Gasteiger partial charge is 0.496 e. The van der Waals surface area contributed by atoms with Crippen molar-refractivity contribution in [1.82, 2.24) is 15.1 Å². The molecule has 0 unspecified atom stereocenters. The van der Waals surface area contributed by atoms with Crippen LogP contribution in [0.4, 0.5) is 10.5 Å². The molecule has 1 heterocycles. The Kier molecular flexibility index (Phi) is 8.32. The first-order chi connectivity index (χ1) is 22.3. The van der Waals surface area contributed by atoms with E-state index in [0.29, 0.717) is 18.9 Å². The first-order valence-corrected chi connectivity index (χ1v) is 17.3. The first-order valence-electron chi connectivity index (χ1n) is 17.3. The molecule has 0 atom stereocenters. The summed E-state index contributed by atoms with van der Waals surface area (Å²) in [5.74, 6) is 1.09. The predicted octanol–water partition coefficient (Wildman–Crippen LogP) is 7.74. The molecule has 2 aromatic carbocycles. The Morgan fingerprint density at radius 2 is 1.70 bits per heavy atom. The van der Waals surface area contributed by atoms with Crippen molar-refractivity contribution in [3.05, 3.63) is 66.0 Å². The van der Waals surface area contributed by atoms with Crippen molar-refractivity contribution < 1.29 is 19.1 Å². The Bertz CT molecular complexity index is 1560. The zero-order valence-electron chi connectivity index (χ0n) is 27.6. The summed E-state index contributed by atoms with van der Waals surface area (Å²) in [6, 6.07) is 15.8. The van der Waals surface area contributed by atoms with Crippen LogP contribution in [0.25, 0.3) is 11.1 Å². The van der Waals surface area contributed by atoms with Gasteiger partial charge in [0.25, 0.3) is 0 Å². The van der Waals surface area contributed by atoms with Crippen LogP contribution in [-0.4, -0.2) is 48.6 Å². The van der Waals surface area contributed by atoms with Gasteiger partial charge in [-0.1, -0.05) is 24.3 Å². The van der Waals surface area contributed by atoms with Crippen LogP contribution >= 0.6 is 0 Å². The molecule has 3 aromatic rings. The fourth-order valence-electron chi connectivity index (χ4n) is 8.51. The third-order valence-electron chi connectivity index (χ3n) is 11.7. The minimum Gasteiger partial charge on any atom is -0.496 e. The van der Waals surface area contributed by atoms with Crippen molar-refractivity contribution in [2.75, 3.05) is 25.6 Å². The molecular formula is C38H48N4O4. The van der Waals surface area contributed by atoms with E-state index in [0.717, 1.165) is 80.5 Å². The van der Waals surface area contributed by atoms with Gasteiger partial charge in [-0.25, -0.2) is 4.79 Å². The topological polar surface area (TPSA) is 85.7 Å². The molecule has 46 heavy (non-hydrogen) atoms. The molecule has 0 saturated heterocycles. The zero-order valence-corrected chi connectivity index (χ0v) is 27.6. The van der Waals surface area contributed by atoms with Gasteiger partial charge in [-0.2, -0.15) is 5.10 Å². The fourth-order valence-corrected chi connectivity index (χ4v) is 8.51. The number of hydrogen-bond acceptors (Lipinski definition) is 5. The lowest BCUT2D eigenvalue weighted by Crippen LogP contribution is -2.51. The molecule has 5 aliphatic rings. The summed E-state index contributed by atoms with van der Waals surface area (Å²) in [6.07, 6.45) is 15.7. The molecule has 2 amide bonds. The van der Waals surface area contributed by atoms with Gasteiger partial charge in [0, 0.05) is 37.0 Å². The highest BCUT2D eigenvalue weighted by Gasteiger charge is 2.50. The van der Waals surface area contributed by atoms with Crippen LogP contribution in [0.1, 0.15) is 94.2 Å². The van der Waals surface area contributed by atoms with E-state index in [1.54, 1.807) is 14.2 Å². The first kappa shape index (κ1) is 30.8. The van der Waals surface area contributed by atoms with Crippen molar-refractivity contribution in [1.29, 1.82) is 0 Å². The molecule has 1 N–H and O–H groups in total. The average Bonchev–Trinajstić information content (AvgIpc) is 3.83. The number of hydrogen-bond donors (Lipinski definition) is 1. The van der Waals surface area contributed by atoms with Gasteiger partial charge in [0.2, 0.25) is 5.91 Å². The number of aryl methyl sites for hydroxylation is 1. The van der Waals surface area contributed by atoms with E-state index in [9.17, 15) is 9.59 Å². The zero-order chi connectivity index (χ0) is 31.9. The monoisotopic (exact) mass is 624 g/mol. The van der Waals surface area contributed by atoms with Gasteiger partial charge >= 0.3 is 6.09 Å². The van der Waals surface area contributed by atoms with Gasteiger partial charge in [-0.05, 0) is 130 Å². The molecular weight excluding hydrogens is 576 g/mol. The molecule has 5 saturated carbocycles. The number of fused-ring (bicyclic) bond motifs is 3. The number of carbonyl (C=O) groups excluding carboxylic acids is 2. The molecule has 8 heteroatoms. The molecule has 8 rings (SSSR count). The van der Waals surface area contributed by atoms with Gasteiger partial charge in [0.15, 0.2) is 0 Å². The summed E-state index contributed by atoms with van der Waals surface area (Å²) in [7, 11) is 3.32. The third kappa shape index (κ3) is 6.03. The number of nitrogens with zero attached hydrogens (tertiary/aromatic N) is 3. The number of aromatic nitrogens is 2. The van der Waals surface area contributed by atoms with Crippen molar-refractivity contribution in [2.45, 2.75) is 102 Å². The third-order valence-corrected chi connectivity index (χ3v) is 11.7. The van der Waals surface area contributed by atoms with E-state index in [1.165, 1.54) is 24.0 Å². The van der Waals surface area contributed by atoms with Crippen LogP contribution in [0.15, 0.2) is 54.9 Å². The van der Waals surface area contributed by atoms with Crippen LogP contribution in [0.3, 0.4) is 0 Å². The smallest absolute Gasteiger partial charge is 0.407 e. The molecule has 5 fully saturated rings. The standard InChI is InChI=1S/C38H48N4O4/c1-26-21-30(9-14-34(26)45-3)38-18-15-37(16-19-38,17-20-38)25-41(35(43)27-7-12-33(13-8-27)46-36(44)39-2)32-6-4-5-28(22-32)29-23-40-42(24-29)31-10-11-31/h4-6,9,14,21-24,27,31,33H,7-8,10-13,15-20,25H2,1-3H3,(H,39,44)/t27-,33-,37?,38?. The molecule has 8 nitrogen and oxygen atoms in total. The number of methoxy groups -OCH3 is 1. The quantitative estimate of drug-likeness (QED) is 0.263. The van der Waals surface area contributed by atoms with E-state index in [2.05, 4.69) is 75.6 Å². The summed E-state index contributed by atoms with van der Waals surface area (Å²) in [5.41, 5.74) is 6.16. The Morgan fingerprint density at radius 3 is 2.35 bits per heavy atom. The molecule has 244 valence electrons. The van der Waals surface area contributed by atoms with Crippen LogP contribution in [0.2, 0.25) is 0 Å². The van der Waals surface area contributed by atoms with E-state index in [-0.39, 0.29) is 28.8 Å². The molecule has 1 aromatic heterocycles. The van der Waals surface area contributed by atoms with E-state index >= 15 is 0 Å². The minimum atomic E-state index is -0.396. The van der Waals surface area contributed by atoms with Crippen molar-refractivity contribution in [2.24, 2.45) is 11.3 Å². The highest BCUT2D eigenvalue weighted by Crippen LogP contribution is 2.58. The van der Waals surface area contributed by atoms with Gasteiger partial charge < -0.3 is 19.7 Å². The second kappa shape index (κ2) is 12.4. The Hall–Kier alpha value is -3.81. The highest BCUT2D eigenvalue weighted by atomic mass is 16.6. The number of carbonyl (C=O) groups is 2. The lowest BCUT2D eigenvalue weighted by molar-refractivity contribution is -0.124. The summed E-state index contributed by atoms with van der Waals surface area (Å²) in [6.45, 7) is 2.89. The second-order valence-electron chi connectivity index (χ2n) is 14.5. The number of alkyl carbamates (subject to hydrolysis) is 1. The predicted molar refractivity (Wildman–Crippen MR) is 179 cm³/mol. The number of nitrogens with one attached hydrogen (secondary N) is 1.